The molecule has 0 saturated carbocycles. The van der Waals surface area contributed by atoms with E-state index < -0.39 is 0 Å². The maximum Gasteiger partial charge on any atom is 0.133 e. The first kappa shape index (κ1) is 7.37. The summed E-state index contributed by atoms with van der Waals surface area (Å²) in [6.45, 7) is 1.22. The molecular formula is C4H9N3O. The van der Waals surface area contributed by atoms with Crippen LogP contribution >= 0.6 is 0 Å². The van der Waals surface area contributed by atoms with E-state index in [1.54, 1.807) is 0 Å². The Morgan fingerprint density at radius 3 is 3.00 bits per heavy atom. The first-order valence-corrected chi connectivity index (χ1v) is 2.30. The molecule has 0 aliphatic rings. The minimum atomic E-state index is 0.141. The van der Waals surface area contributed by atoms with Crippen molar-refractivity contribution in [3.8, 4) is 6.07 Å². The second-order valence-electron chi connectivity index (χ2n) is 1.16. The monoisotopic (exact) mass is 115 g/mol. The number of nitrogens with two attached hydrogens (primary N) is 1. The third kappa shape index (κ3) is 5.37. The number of hydrazine groups is 1. The van der Waals surface area contributed by atoms with Crippen molar-refractivity contribution in [2.24, 2.45) is 5.84 Å². The molecule has 8 heavy (non-hydrogen) atoms. The summed E-state index contributed by atoms with van der Waals surface area (Å²) < 4.78 is 4.72. The van der Waals surface area contributed by atoms with E-state index in [1.807, 2.05) is 6.07 Å². The first-order chi connectivity index (χ1) is 3.91. The van der Waals surface area contributed by atoms with Gasteiger partial charge >= 0.3 is 0 Å². The zero-order valence-electron chi connectivity index (χ0n) is 4.55. The van der Waals surface area contributed by atoms with Gasteiger partial charge in [-0.3, -0.25) is 11.3 Å². The van der Waals surface area contributed by atoms with Crippen molar-refractivity contribution in [3.05, 3.63) is 0 Å². The van der Waals surface area contributed by atoms with Gasteiger partial charge in [0.1, 0.15) is 6.61 Å². The van der Waals surface area contributed by atoms with Crippen LogP contribution in [0.25, 0.3) is 0 Å². The molecule has 4 heteroatoms. The molecule has 0 bridgehead atoms. The molecule has 0 aromatic carbocycles. The highest BCUT2D eigenvalue weighted by molar-refractivity contribution is 4.66. The Labute approximate surface area is 48.2 Å². The van der Waals surface area contributed by atoms with Crippen LogP contribution in [0.15, 0.2) is 0 Å². The fraction of sp³-hybridized carbons (Fsp3) is 0.750. The minimum absolute atomic E-state index is 0.141. The third-order valence-corrected chi connectivity index (χ3v) is 0.557. The number of nitrogens with one attached hydrogen (secondary N) is 1. The van der Waals surface area contributed by atoms with Crippen LogP contribution in [0.1, 0.15) is 0 Å². The van der Waals surface area contributed by atoms with Crippen molar-refractivity contribution in [2.75, 3.05) is 19.8 Å². The van der Waals surface area contributed by atoms with E-state index in [0.717, 1.165) is 0 Å². The highest BCUT2D eigenvalue weighted by Gasteiger charge is 1.80. The molecule has 0 rings (SSSR count). The van der Waals surface area contributed by atoms with Crippen molar-refractivity contribution in [3.63, 3.8) is 0 Å². The topological polar surface area (TPSA) is 71.1 Å². The SMILES string of the molecule is N#CCOCCNN. The predicted molar refractivity (Wildman–Crippen MR) is 28.6 cm³/mol. The van der Waals surface area contributed by atoms with Crippen molar-refractivity contribution in [1.29, 1.82) is 5.26 Å². The van der Waals surface area contributed by atoms with E-state index in [0.29, 0.717) is 13.2 Å². The summed E-state index contributed by atoms with van der Waals surface area (Å²) in [6.07, 6.45) is 0. The maximum atomic E-state index is 7.94. The largest absolute Gasteiger partial charge is 0.365 e. The van der Waals surface area contributed by atoms with Crippen LogP contribution < -0.4 is 11.3 Å². The summed E-state index contributed by atoms with van der Waals surface area (Å²) in [5.74, 6) is 4.90. The lowest BCUT2D eigenvalue weighted by molar-refractivity contribution is 0.168. The third-order valence-electron chi connectivity index (χ3n) is 0.557. The van der Waals surface area contributed by atoms with Crippen LogP contribution in [0, 0.1) is 11.3 Å². The first-order valence-electron chi connectivity index (χ1n) is 2.30. The van der Waals surface area contributed by atoms with Crippen molar-refractivity contribution in [1.82, 2.24) is 5.43 Å². The highest BCUT2D eigenvalue weighted by Crippen LogP contribution is 1.67. The minimum Gasteiger partial charge on any atom is -0.365 e. The highest BCUT2D eigenvalue weighted by atomic mass is 16.5. The average Bonchev–Trinajstić information content (AvgIpc) is 1.81. The summed E-state index contributed by atoms with van der Waals surface area (Å²) >= 11 is 0. The molecule has 4 nitrogen and oxygen atoms in total. The number of hydrogen-bond acceptors (Lipinski definition) is 4. The van der Waals surface area contributed by atoms with E-state index in [9.17, 15) is 0 Å². The van der Waals surface area contributed by atoms with Gasteiger partial charge in [0.25, 0.3) is 0 Å². The summed E-state index contributed by atoms with van der Waals surface area (Å²) in [5.41, 5.74) is 2.39. The van der Waals surface area contributed by atoms with Gasteiger partial charge in [0.15, 0.2) is 0 Å². The summed E-state index contributed by atoms with van der Waals surface area (Å²) in [6, 6.07) is 1.84. The zero-order valence-corrected chi connectivity index (χ0v) is 4.55. The molecule has 0 aliphatic heterocycles. The second-order valence-corrected chi connectivity index (χ2v) is 1.16. The number of ether oxygens (including phenoxy) is 1. The molecule has 0 radical (unpaired) electrons. The molecule has 0 amide bonds. The van der Waals surface area contributed by atoms with Crippen LogP contribution in [0.2, 0.25) is 0 Å². The van der Waals surface area contributed by atoms with Gasteiger partial charge in [0.05, 0.1) is 12.7 Å². The Hall–Kier alpha value is -0.630. The Kier molecular flexibility index (Phi) is 5.87. The molecule has 0 atom stereocenters. The second kappa shape index (κ2) is 6.37. The molecule has 0 aromatic rings. The quantitative estimate of drug-likeness (QED) is 0.280. The molecule has 0 aromatic heterocycles. The molecular weight excluding hydrogens is 106 g/mol. The fourth-order valence-corrected chi connectivity index (χ4v) is 0.249. The van der Waals surface area contributed by atoms with Crippen molar-refractivity contribution >= 4 is 0 Å². The van der Waals surface area contributed by atoms with Crippen LogP contribution in [-0.4, -0.2) is 19.8 Å². The molecule has 0 saturated heterocycles. The van der Waals surface area contributed by atoms with E-state index in [4.69, 9.17) is 15.8 Å². The van der Waals surface area contributed by atoms with Gasteiger partial charge in [-0.2, -0.15) is 5.26 Å². The zero-order chi connectivity index (χ0) is 6.24. The lowest BCUT2D eigenvalue weighted by atomic mass is 10.7. The van der Waals surface area contributed by atoms with Crippen LogP contribution in [0.4, 0.5) is 0 Å². The average molecular weight is 115 g/mol. The Morgan fingerprint density at radius 1 is 1.75 bits per heavy atom. The lowest BCUT2D eigenvalue weighted by Gasteiger charge is -1.95. The van der Waals surface area contributed by atoms with E-state index in [1.165, 1.54) is 0 Å². The van der Waals surface area contributed by atoms with Gasteiger partial charge in [-0.15, -0.1) is 0 Å². The fourth-order valence-electron chi connectivity index (χ4n) is 0.249. The maximum absolute atomic E-state index is 7.94. The van der Waals surface area contributed by atoms with Gasteiger partial charge in [-0.05, 0) is 0 Å². The van der Waals surface area contributed by atoms with Crippen LogP contribution in [0.5, 0.6) is 0 Å². The normalized spacial score (nSPS) is 8.50. The van der Waals surface area contributed by atoms with Gasteiger partial charge in [0, 0.05) is 6.54 Å². The molecule has 0 unspecified atom stereocenters. The Bertz CT molecular complexity index is 77.8. The van der Waals surface area contributed by atoms with E-state index in [2.05, 4.69) is 5.43 Å². The summed E-state index contributed by atoms with van der Waals surface area (Å²) in [4.78, 5) is 0. The molecule has 46 valence electrons. The number of hydrogen-bond donors (Lipinski definition) is 2. The van der Waals surface area contributed by atoms with Crippen molar-refractivity contribution in [2.45, 2.75) is 0 Å². The van der Waals surface area contributed by atoms with Crippen molar-refractivity contribution < 1.29 is 4.74 Å². The van der Waals surface area contributed by atoms with Gasteiger partial charge in [0.2, 0.25) is 0 Å². The van der Waals surface area contributed by atoms with E-state index in [-0.39, 0.29) is 6.61 Å². The van der Waals surface area contributed by atoms with Gasteiger partial charge in [-0.1, -0.05) is 0 Å². The number of rotatable bonds is 4. The molecule has 0 spiro atoms. The Balaban J connectivity index is 2.65. The van der Waals surface area contributed by atoms with Crippen LogP contribution in [0.3, 0.4) is 0 Å². The van der Waals surface area contributed by atoms with Crippen LogP contribution in [-0.2, 0) is 4.74 Å². The number of nitrogens with zero attached hydrogens (tertiary/aromatic N) is 1. The molecule has 0 fully saturated rings. The smallest absolute Gasteiger partial charge is 0.133 e. The summed E-state index contributed by atoms with van der Waals surface area (Å²) in [5, 5.41) is 7.94. The molecule has 3 N–H and O–H groups in total. The summed E-state index contributed by atoms with van der Waals surface area (Å²) in [7, 11) is 0. The predicted octanol–water partition coefficient (Wildman–Crippen LogP) is -1.01. The number of nitriles is 1. The molecule has 0 heterocycles. The van der Waals surface area contributed by atoms with E-state index >= 15 is 0 Å². The Morgan fingerprint density at radius 2 is 2.50 bits per heavy atom. The lowest BCUT2D eigenvalue weighted by Crippen LogP contribution is -2.26. The molecule has 0 aliphatic carbocycles. The standard InChI is InChI=1S/C4H9N3O/c5-1-3-8-4-2-7-6/h7H,2-4,6H2. The van der Waals surface area contributed by atoms with Gasteiger partial charge < -0.3 is 4.74 Å². The van der Waals surface area contributed by atoms with Gasteiger partial charge in [-0.25, -0.2) is 0 Å².